The van der Waals surface area contributed by atoms with E-state index in [1.165, 1.54) is 99.4 Å². The van der Waals surface area contributed by atoms with Gasteiger partial charge < -0.3 is 9.13 Å². The average molecular weight is 725 g/mol. The first-order valence-corrected chi connectivity index (χ1v) is 19.8. The topological polar surface area (TPSA) is 9.86 Å². The van der Waals surface area contributed by atoms with Crippen LogP contribution in [0.3, 0.4) is 0 Å². The summed E-state index contributed by atoms with van der Waals surface area (Å²) in [6.45, 7) is 0. The molecule has 266 valence electrons. The molecule has 0 bridgehead atoms. The maximum absolute atomic E-state index is 2.42. The van der Waals surface area contributed by atoms with E-state index in [0.717, 1.165) is 5.69 Å². The minimum atomic E-state index is 0.241. The second kappa shape index (κ2) is 12.6. The normalized spacial score (nSPS) is 13.4. The third-order valence-corrected chi connectivity index (χ3v) is 12.2. The summed E-state index contributed by atoms with van der Waals surface area (Å²) in [7, 11) is 0. The van der Waals surface area contributed by atoms with Gasteiger partial charge in [0.1, 0.15) is 0 Å². The van der Waals surface area contributed by atoms with Crippen molar-refractivity contribution in [3.63, 3.8) is 0 Å². The van der Waals surface area contributed by atoms with Gasteiger partial charge in [-0.1, -0.05) is 140 Å². The summed E-state index contributed by atoms with van der Waals surface area (Å²) in [6, 6.07) is 78.2. The molecule has 0 fully saturated rings. The van der Waals surface area contributed by atoms with Crippen LogP contribution in [0.1, 0.15) is 22.6 Å². The Labute approximate surface area is 331 Å². The van der Waals surface area contributed by atoms with Crippen LogP contribution in [0.5, 0.6) is 0 Å². The summed E-state index contributed by atoms with van der Waals surface area (Å²) < 4.78 is 4.80. The minimum absolute atomic E-state index is 0.241. The molecular weight excluding hydrogens is 689 g/mol. The summed E-state index contributed by atoms with van der Waals surface area (Å²) in [5, 5.41) is 5.01. The van der Waals surface area contributed by atoms with Crippen molar-refractivity contribution >= 4 is 43.6 Å². The fourth-order valence-corrected chi connectivity index (χ4v) is 9.63. The number of nitrogens with zero attached hydrogens (tertiary/aromatic N) is 2. The largest absolute Gasteiger partial charge is 0.309 e. The Morgan fingerprint density at radius 1 is 0.281 bits per heavy atom. The van der Waals surface area contributed by atoms with Crippen LogP contribution in [0.2, 0.25) is 0 Å². The third kappa shape index (κ3) is 4.91. The van der Waals surface area contributed by atoms with Crippen molar-refractivity contribution in [2.45, 2.75) is 5.92 Å². The zero-order valence-electron chi connectivity index (χ0n) is 31.2. The van der Waals surface area contributed by atoms with E-state index in [4.69, 9.17) is 0 Å². The highest BCUT2D eigenvalue weighted by molar-refractivity contribution is 6.13. The van der Waals surface area contributed by atoms with Gasteiger partial charge in [0.2, 0.25) is 0 Å². The molecule has 0 N–H and O–H groups in total. The van der Waals surface area contributed by atoms with Gasteiger partial charge in [-0.3, -0.25) is 0 Å². The number of benzene rings is 9. The number of para-hydroxylation sites is 3. The number of rotatable bonds is 5. The van der Waals surface area contributed by atoms with Crippen molar-refractivity contribution in [3.8, 4) is 44.8 Å². The molecule has 11 aromatic rings. The Bertz CT molecular complexity index is 3330. The van der Waals surface area contributed by atoms with Gasteiger partial charge in [0, 0.05) is 38.8 Å². The molecule has 0 amide bonds. The van der Waals surface area contributed by atoms with E-state index in [2.05, 4.69) is 221 Å². The van der Waals surface area contributed by atoms with Crippen molar-refractivity contribution in [2.75, 3.05) is 0 Å². The highest BCUT2D eigenvalue weighted by atomic mass is 15.0. The van der Waals surface area contributed by atoms with E-state index in [1.807, 2.05) is 0 Å². The van der Waals surface area contributed by atoms with Crippen molar-refractivity contribution in [1.29, 1.82) is 0 Å². The first-order valence-electron chi connectivity index (χ1n) is 19.8. The highest BCUT2D eigenvalue weighted by Crippen LogP contribution is 2.49. The number of fused-ring (bicyclic) bond motifs is 9. The van der Waals surface area contributed by atoms with Crippen LogP contribution >= 0.6 is 0 Å². The quantitative estimate of drug-likeness (QED) is 0.167. The van der Waals surface area contributed by atoms with Crippen LogP contribution in [0.25, 0.3) is 88.4 Å². The van der Waals surface area contributed by atoms with Crippen molar-refractivity contribution < 1.29 is 0 Å². The standard InChI is InChI=1S/C55H36N2/c1-4-14-36(15-5-1)55-45-22-11-10-20-43(45)47-32-37(24-28-46(47)55)39-26-30-53-49(34-39)50-35-40(27-31-54(50)57(53)42-18-8-3-9-19-42)38-25-29-52-48(33-38)44-21-12-13-23-51(44)56(52)41-16-6-2-7-17-41/h1-35,55H. The molecule has 9 aromatic carbocycles. The van der Waals surface area contributed by atoms with Crippen LogP contribution in [-0.4, -0.2) is 9.13 Å². The fourth-order valence-electron chi connectivity index (χ4n) is 9.63. The lowest BCUT2D eigenvalue weighted by Crippen LogP contribution is -1.98. The molecule has 12 rings (SSSR count). The van der Waals surface area contributed by atoms with Gasteiger partial charge in [0.15, 0.2) is 0 Å². The van der Waals surface area contributed by atoms with Crippen molar-refractivity contribution in [2.24, 2.45) is 0 Å². The molecule has 2 heterocycles. The Morgan fingerprint density at radius 3 is 1.30 bits per heavy atom. The van der Waals surface area contributed by atoms with Gasteiger partial charge in [-0.2, -0.15) is 0 Å². The number of hydrogen-bond acceptors (Lipinski definition) is 0. The molecule has 1 aliphatic carbocycles. The Morgan fingerprint density at radius 2 is 0.702 bits per heavy atom. The van der Waals surface area contributed by atoms with Crippen LogP contribution in [0.4, 0.5) is 0 Å². The molecule has 1 atom stereocenters. The summed E-state index contributed by atoms with van der Waals surface area (Å²) >= 11 is 0. The molecule has 0 saturated heterocycles. The monoisotopic (exact) mass is 724 g/mol. The van der Waals surface area contributed by atoms with Gasteiger partial charge in [0.25, 0.3) is 0 Å². The lowest BCUT2D eigenvalue weighted by molar-refractivity contribution is 1.02. The average Bonchev–Trinajstić information content (AvgIpc) is 3.92. The molecule has 0 radical (unpaired) electrons. The van der Waals surface area contributed by atoms with E-state index in [1.54, 1.807) is 0 Å². The van der Waals surface area contributed by atoms with E-state index in [-0.39, 0.29) is 5.92 Å². The maximum Gasteiger partial charge on any atom is 0.0541 e. The number of aromatic nitrogens is 2. The second-order valence-electron chi connectivity index (χ2n) is 15.3. The predicted octanol–water partition coefficient (Wildman–Crippen LogP) is 14.4. The Kier molecular flexibility index (Phi) is 7.02. The van der Waals surface area contributed by atoms with Crippen LogP contribution in [0, 0.1) is 0 Å². The summed E-state index contributed by atoms with van der Waals surface area (Å²) in [4.78, 5) is 0. The van der Waals surface area contributed by atoms with Crippen LogP contribution < -0.4 is 0 Å². The fraction of sp³-hybridized carbons (Fsp3) is 0.0182. The highest BCUT2D eigenvalue weighted by Gasteiger charge is 2.30. The molecule has 2 aromatic heterocycles. The van der Waals surface area contributed by atoms with Gasteiger partial charge >= 0.3 is 0 Å². The van der Waals surface area contributed by atoms with Crippen molar-refractivity contribution in [3.05, 3.63) is 229 Å². The van der Waals surface area contributed by atoms with E-state index < -0.39 is 0 Å². The lowest BCUT2D eigenvalue weighted by atomic mass is 9.89. The molecule has 1 unspecified atom stereocenters. The molecular formula is C55H36N2. The Balaban J connectivity index is 1.03. The predicted molar refractivity (Wildman–Crippen MR) is 239 cm³/mol. The van der Waals surface area contributed by atoms with Crippen molar-refractivity contribution in [1.82, 2.24) is 9.13 Å². The minimum Gasteiger partial charge on any atom is -0.309 e. The van der Waals surface area contributed by atoms with E-state index in [0.29, 0.717) is 0 Å². The summed E-state index contributed by atoms with van der Waals surface area (Å²) in [5.74, 6) is 0.241. The Hall–Kier alpha value is -7.42. The second-order valence-corrected chi connectivity index (χ2v) is 15.3. The molecule has 0 spiro atoms. The van der Waals surface area contributed by atoms with Gasteiger partial charge in [-0.05, 0) is 123 Å². The smallest absolute Gasteiger partial charge is 0.0541 e. The third-order valence-electron chi connectivity index (χ3n) is 12.2. The molecule has 2 nitrogen and oxygen atoms in total. The zero-order valence-corrected chi connectivity index (χ0v) is 31.2. The number of hydrogen-bond donors (Lipinski definition) is 0. The van der Waals surface area contributed by atoms with E-state index >= 15 is 0 Å². The van der Waals surface area contributed by atoms with Crippen LogP contribution in [0.15, 0.2) is 212 Å². The molecule has 57 heavy (non-hydrogen) atoms. The summed E-state index contributed by atoms with van der Waals surface area (Å²) in [6.07, 6.45) is 0. The molecule has 1 aliphatic rings. The van der Waals surface area contributed by atoms with E-state index in [9.17, 15) is 0 Å². The first kappa shape index (κ1) is 31.9. The van der Waals surface area contributed by atoms with Gasteiger partial charge in [0.05, 0.1) is 22.1 Å². The van der Waals surface area contributed by atoms with Gasteiger partial charge in [-0.15, -0.1) is 0 Å². The maximum atomic E-state index is 2.42. The van der Waals surface area contributed by atoms with Gasteiger partial charge in [-0.25, -0.2) is 0 Å². The molecule has 2 heteroatoms. The van der Waals surface area contributed by atoms with Crippen LogP contribution in [-0.2, 0) is 0 Å². The summed E-state index contributed by atoms with van der Waals surface area (Å²) in [5.41, 5.74) is 18.8. The molecule has 0 saturated carbocycles. The molecule has 0 aliphatic heterocycles. The first-order chi connectivity index (χ1) is 28.3. The zero-order chi connectivity index (χ0) is 37.5. The SMILES string of the molecule is c1ccc(C2c3ccccc3-c3cc(-c4ccc5c(c4)c4cc(-c6ccc7c(c6)c6ccccc6n7-c6ccccc6)ccc4n5-c4ccccc4)ccc32)cc1. The lowest BCUT2D eigenvalue weighted by Gasteiger charge is -2.14.